The second-order valence-electron chi connectivity index (χ2n) is 1.68. The van der Waals surface area contributed by atoms with Crippen LogP contribution in [-0.2, 0) is 4.79 Å². The lowest BCUT2D eigenvalue weighted by atomic mass is 10.3. The second kappa shape index (κ2) is 10.2. The zero-order valence-corrected chi connectivity index (χ0v) is 6.27. The highest BCUT2D eigenvalue weighted by molar-refractivity contribution is 5.75. The number of rotatable bonds is 2. The molecule has 0 spiro atoms. The van der Waals surface area contributed by atoms with Crippen LogP contribution in [0, 0.1) is 11.3 Å². The third-order valence-electron chi connectivity index (χ3n) is 0.602. The standard InChI is InChI=1S/C5H10O.C2H3N/c1-3-4-5(2)6;1-2-3/h3-4H2,1-2H3;1H3. The number of nitriles is 1. The zero-order valence-electron chi connectivity index (χ0n) is 6.27. The van der Waals surface area contributed by atoms with Gasteiger partial charge in [-0.2, -0.15) is 5.26 Å². The van der Waals surface area contributed by atoms with E-state index in [0.29, 0.717) is 0 Å². The summed E-state index contributed by atoms with van der Waals surface area (Å²) < 4.78 is 0. The lowest BCUT2D eigenvalue weighted by Crippen LogP contribution is -1.84. The van der Waals surface area contributed by atoms with Gasteiger partial charge in [0.05, 0.1) is 6.07 Å². The molecule has 52 valence electrons. The third-order valence-corrected chi connectivity index (χ3v) is 0.602. The van der Waals surface area contributed by atoms with E-state index in [-0.39, 0.29) is 5.78 Å². The molecular weight excluding hydrogens is 114 g/mol. The second-order valence-corrected chi connectivity index (χ2v) is 1.68. The molecule has 0 saturated carbocycles. The summed E-state index contributed by atoms with van der Waals surface area (Å²) >= 11 is 0. The van der Waals surface area contributed by atoms with Crippen molar-refractivity contribution >= 4 is 5.78 Å². The van der Waals surface area contributed by atoms with Gasteiger partial charge in [0.2, 0.25) is 0 Å². The fraction of sp³-hybridized carbons (Fsp3) is 0.714. The number of nitrogens with zero attached hydrogens (tertiary/aromatic N) is 1. The number of carbonyl (C=O) groups is 1. The van der Waals surface area contributed by atoms with Gasteiger partial charge in [-0.3, -0.25) is 0 Å². The smallest absolute Gasteiger partial charge is 0.129 e. The van der Waals surface area contributed by atoms with Crippen molar-refractivity contribution in [1.29, 1.82) is 5.26 Å². The molecule has 0 radical (unpaired) electrons. The van der Waals surface area contributed by atoms with Crippen molar-refractivity contribution in [3.05, 3.63) is 0 Å². The van der Waals surface area contributed by atoms with Crippen LogP contribution >= 0.6 is 0 Å². The first-order valence-corrected chi connectivity index (χ1v) is 2.99. The van der Waals surface area contributed by atoms with Crippen LogP contribution in [0.3, 0.4) is 0 Å². The number of Topliss-reactive ketones (excluding diaryl/α,β-unsaturated/α-hetero) is 1. The number of ketones is 1. The maximum atomic E-state index is 10.0. The van der Waals surface area contributed by atoms with Crippen LogP contribution in [0.4, 0.5) is 0 Å². The van der Waals surface area contributed by atoms with Crippen molar-refractivity contribution in [1.82, 2.24) is 0 Å². The molecule has 0 saturated heterocycles. The van der Waals surface area contributed by atoms with E-state index in [1.54, 1.807) is 13.0 Å². The van der Waals surface area contributed by atoms with Crippen LogP contribution in [0.15, 0.2) is 0 Å². The molecule has 0 aromatic carbocycles. The molecule has 0 amide bonds. The maximum absolute atomic E-state index is 10.0. The Hall–Kier alpha value is -0.840. The molecule has 0 fully saturated rings. The summed E-state index contributed by atoms with van der Waals surface area (Å²) in [5.41, 5.74) is 0. The van der Waals surface area contributed by atoms with Crippen molar-refractivity contribution in [2.75, 3.05) is 0 Å². The largest absolute Gasteiger partial charge is 0.300 e. The van der Waals surface area contributed by atoms with Crippen molar-refractivity contribution in [2.24, 2.45) is 0 Å². The molecule has 0 N–H and O–H groups in total. The van der Waals surface area contributed by atoms with E-state index in [9.17, 15) is 4.79 Å². The third kappa shape index (κ3) is 40.9. The minimum Gasteiger partial charge on any atom is -0.300 e. The highest BCUT2D eigenvalue weighted by Gasteiger charge is 1.83. The van der Waals surface area contributed by atoms with Crippen molar-refractivity contribution < 1.29 is 4.79 Å². The van der Waals surface area contributed by atoms with Gasteiger partial charge >= 0.3 is 0 Å². The molecule has 0 aliphatic rings. The zero-order chi connectivity index (χ0) is 7.70. The average molecular weight is 127 g/mol. The van der Waals surface area contributed by atoms with Gasteiger partial charge < -0.3 is 4.79 Å². The Morgan fingerprint density at radius 2 is 2.00 bits per heavy atom. The molecule has 9 heavy (non-hydrogen) atoms. The first-order chi connectivity index (χ1) is 4.18. The van der Waals surface area contributed by atoms with Crippen LogP contribution in [0.1, 0.15) is 33.6 Å². The molecule has 0 atom stereocenters. The maximum Gasteiger partial charge on any atom is 0.129 e. The summed E-state index contributed by atoms with van der Waals surface area (Å²) in [5.74, 6) is 0.289. The molecule has 0 bridgehead atoms. The average Bonchev–Trinajstić information content (AvgIpc) is 1.67. The monoisotopic (exact) mass is 127 g/mol. The van der Waals surface area contributed by atoms with Crippen LogP contribution in [-0.4, -0.2) is 5.78 Å². The van der Waals surface area contributed by atoms with E-state index in [0.717, 1.165) is 12.8 Å². The van der Waals surface area contributed by atoms with Crippen LogP contribution in [0.5, 0.6) is 0 Å². The van der Waals surface area contributed by atoms with Gasteiger partial charge in [0.15, 0.2) is 0 Å². The number of hydrogen-bond acceptors (Lipinski definition) is 2. The lowest BCUT2D eigenvalue weighted by molar-refractivity contribution is -0.117. The molecule has 2 nitrogen and oxygen atoms in total. The van der Waals surface area contributed by atoms with Crippen molar-refractivity contribution in [3.8, 4) is 6.07 Å². The first kappa shape index (κ1) is 11.0. The van der Waals surface area contributed by atoms with E-state index in [1.165, 1.54) is 6.92 Å². The fourth-order valence-corrected chi connectivity index (χ4v) is 0.352. The van der Waals surface area contributed by atoms with Gasteiger partial charge in [0, 0.05) is 13.3 Å². The van der Waals surface area contributed by atoms with Crippen LogP contribution < -0.4 is 0 Å². The topological polar surface area (TPSA) is 40.9 Å². The Morgan fingerprint density at radius 1 is 1.67 bits per heavy atom. The molecule has 0 rings (SSSR count). The molecule has 0 unspecified atom stereocenters. The van der Waals surface area contributed by atoms with E-state index in [4.69, 9.17) is 5.26 Å². The fourth-order valence-electron chi connectivity index (χ4n) is 0.352. The minimum absolute atomic E-state index is 0.289. The highest BCUT2D eigenvalue weighted by atomic mass is 16.1. The summed E-state index contributed by atoms with van der Waals surface area (Å²) in [7, 11) is 0. The van der Waals surface area contributed by atoms with Crippen LogP contribution in [0.2, 0.25) is 0 Å². The summed E-state index contributed by atoms with van der Waals surface area (Å²) in [5, 5.41) is 7.32. The highest BCUT2D eigenvalue weighted by Crippen LogP contribution is 1.84. The SMILES string of the molecule is CC#N.CCCC(C)=O. The summed E-state index contributed by atoms with van der Waals surface area (Å²) in [6.45, 7) is 5.05. The van der Waals surface area contributed by atoms with Gasteiger partial charge in [-0.05, 0) is 13.3 Å². The molecule has 2 heteroatoms. The van der Waals surface area contributed by atoms with Gasteiger partial charge in [-0.25, -0.2) is 0 Å². The molecule has 0 heterocycles. The van der Waals surface area contributed by atoms with E-state index in [2.05, 4.69) is 0 Å². The molecule has 0 aromatic heterocycles. The van der Waals surface area contributed by atoms with Gasteiger partial charge in [0.1, 0.15) is 5.78 Å². The normalized spacial score (nSPS) is 6.44. The quantitative estimate of drug-likeness (QED) is 0.568. The first-order valence-electron chi connectivity index (χ1n) is 2.99. The van der Waals surface area contributed by atoms with Gasteiger partial charge in [-0.1, -0.05) is 6.92 Å². The molecule has 0 aliphatic carbocycles. The Balaban J connectivity index is 0. The summed E-state index contributed by atoms with van der Waals surface area (Å²) in [6, 6.07) is 1.75. The van der Waals surface area contributed by atoms with Crippen molar-refractivity contribution in [3.63, 3.8) is 0 Å². The number of carbonyl (C=O) groups excluding carboxylic acids is 1. The Morgan fingerprint density at radius 3 is 2.00 bits per heavy atom. The van der Waals surface area contributed by atoms with Crippen LogP contribution in [0.25, 0.3) is 0 Å². The van der Waals surface area contributed by atoms with Gasteiger partial charge in [-0.15, -0.1) is 0 Å². The number of hydrogen-bond donors (Lipinski definition) is 0. The van der Waals surface area contributed by atoms with E-state index < -0.39 is 0 Å². The molecular formula is C7H13NO. The predicted molar refractivity (Wildman–Crippen MR) is 36.9 cm³/mol. The lowest BCUT2D eigenvalue weighted by Gasteiger charge is -1.80. The molecule has 0 aromatic rings. The Bertz CT molecular complexity index is 102. The van der Waals surface area contributed by atoms with Crippen molar-refractivity contribution in [2.45, 2.75) is 33.6 Å². The summed E-state index contributed by atoms with van der Waals surface area (Å²) in [4.78, 5) is 10.0. The van der Waals surface area contributed by atoms with E-state index in [1.807, 2.05) is 6.92 Å². The Labute approximate surface area is 56.5 Å². The predicted octanol–water partition coefficient (Wildman–Crippen LogP) is 1.91. The van der Waals surface area contributed by atoms with E-state index >= 15 is 0 Å². The van der Waals surface area contributed by atoms with Gasteiger partial charge in [0.25, 0.3) is 0 Å². The minimum atomic E-state index is 0.289. The summed E-state index contributed by atoms with van der Waals surface area (Å²) in [6.07, 6.45) is 1.72. The Kier molecular flexibility index (Phi) is 12.5. The molecule has 0 aliphatic heterocycles.